The first-order valence-electron chi connectivity index (χ1n) is 5.05. The maximum atomic E-state index is 11.7. The lowest BCUT2D eigenvalue weighted by molar-refractivity contribution is -0.158. The highest BCUT2D eigenvalue weighted by Crippen LogP contribution is 2.29. The molecule has 2 N–H and O–H groups in total. The lowest BCUT2D eigenvalue weighted by atomic mass is 9.75. The topological polar surface area (TPSA) is 52.3 Å². The minimum Gasteiger partial charge on any atom is -0.465 e. The van der Waals surface area contributed by atoms with E-state index in [1.165, 1.54) is 0 Å². The molecule has 0 fully saturated rings. The molecule has 0 spiro atoms. The van der Waals surface area contributed by atoms with Gasteiger partial charge in [-0.3, -0.25) is 4.79 Å². The molecule has 0 aliphatic rings. The highest BCUT2D eigenvalue weighted by Gasteiger charge is 2.41. The third-order valence-corrected chi connectivity index (χ3v) is 2.67. The van der Waals surface area contributed by atoms with Crippen molar-refractivity contribution < 1.29 is 9.53 Å². The van der Waals surface area contributed by atoms with E-state index in [1.807, 2.05) is 41.5 Å². The van der Waals surface area contributed by atoms with Gasteiger partial charge in [0.1, 0.15) is 0 Å². The van der Waals surface area contributed by atoms with Crippen LogP contribution in [-0.2, 0) is 9.53 Å². The lowest BCUT2D eigenvalue weighted by Gasteiger charge is -2.36. The summed E-state index contributed by atoms with van der Waals surface area (Å²) >= 11 is 0. The molecule has 0 amide bonds. The molecule has 0 aromatic carbocycles. The Kier molecular flexibility index (Phi) is 4.13. The van der Waals surface area contributed by atoms with E-state index in [4.69, 9.17) is 10.5 Å². The zero-order valence-corrected chi connectivity index (χ0v) is 10.2. The van der Waals surface area contributed by atoms with E-state index in [0.29, 0.717) is 12.5 Å². The van der Waals surface area contributed by atoms with Crippen LogP contribution in [0.3, 0.4) is 0 Å². The largest absolute Gasteiger partial charge is 0.465 e. The van der Waals surface area contributed by atoms with E-state index in [9.17, 15) is 4.79 Å². The van der Waals surface area contributed by atoms with Crippen molar-refractivity contribution in [2.75, 3.05) is 6.61 Å². The minimum atomic E-state index is -0.651. The van der Waals surface area contributed by atoms with Gasteiger partial charge >= 0.3 is 5.97 Å². The average Bonchev–Trinajstić information content (AvgIpc) is 1.97. The lowest BCUT2D eigenvalue weighted by Crippen LogP contribution is -2.52. The summed E-state index contributed by atoms with van der Waals surface area (Å²) in [5.41, 5.74) is 4.70. The molecule has 14 heavy (non-hydrogen) atoms. The van der Waals surface area contributed by atoms with Crippen molar-refractivity contribution >= 4 is 5.97 Å². The van der Waals surface area contributed by atoms with Gasteiger partial charge in [-0.05, 0) is 33.6 Å². The van der Waals surface area contributed by atoms with Crippen LogP contribution in [-0.4, -0.2) is 18.1 Å². The Bertz CT molecular complexity index is 202. The molecule has 0 saturated carbocycles. The minimum absolute atomic E-state index is 0.223. The van der Waals surface area contributed by atoms with Crippen molar-refractivity contribution in [1.82, 2.24) is 0 Å². The van der Waals surface area contributed by atoms with Gasteiger partial charge in [-0.2, -0.15) is 0 Å². The number of carbonyl (C=O) groups is 1. The van der Waals surface area contributed by atoms with Crippen LogP contribution in [0.25, 0.3) is 0 Å². The van der Waals surface area contributed by atoms with Crippen molar-refractivity contribution in [2.24, 2.45) is 17.1 Å². The summed E-state index contributed by atoms with van der Waals surface area (Å²) in [6.45, 7) is 11.8. The van der Waals surface area contributed by atoms with Crippen LogP contribution in [0, 0.1) is 11.3 Å². The van der Waals surface area contributed by atoms with Gasteiger partial charge < -0.3 is 10.5 Å². The van der Waals surface area contributed by atoms with E-state index in [-0.39, 0.29) is 5.97 Å². The maximum absolute atomic E-state index is 11.7. The highest BCUT2D eigenvalue weighted by atomic mass is 16.5. The molecule has 0 saturated heterocycles. The van der Waals surface area contributed by atoms with Crippen molar-refractivity contribution in [3.05, 3.63) is 0 Å². The Morgan fingerprint density at radius 2 is 1.71 bits per heavy atom. The van der Waals surface area contributed by atoms with Gasteiger partial charge in [0, 0.05) is 5.54 Å². The molecule has 3 nitrogen and oxygen atoms in total. The fourth-order valence-corrected chi connectivity index (χ4v) is 0.686. The van der Waals surface area contributed by atoms with Gasteiger partial charge in [-0.1, -0.05) is 13.8 Å². The summed E-state index contributed by atoms with van der Waals surface area (Å²) in [5.74, 6) is 0.134. The molecule has 3 heteroatoms. The van der Waals surface area contributed by atoms with Crippen LogP contribution in [0.1, 0.15) is 41.5 Å². The third kappa shape index (κ3) is 3.29. The van der Waals surface area contributed by atoms with Crippen molar-refractivity contribution in [1.29, 1.82) is 0 Å². The second-order valence-electron chi connectivity index (χ2n) is 5.34. The van der Waals surface area contributed by atoms with Gasteiger partial charge in [0.05, 0.1) is 12.0 Å². The molecule has 0 aliphatic carbocycles. The maximum Gasteiger partial charge on any atom is 0.313 e. The number of hydrogen-bond acceptors (Lipinski definition) is 3. The molecule has 0 heterocycles. The van der Waals surface area contributed by atoms with E-state index in [1.54, 1.807) is 0 Å². The van der Waals surface area contributed by atoms with Crippen molar-refractivity contribution in [3.63, 3.8) is 0 Å². The normalized spacial score (nSPS) is 13.1. The summed E-state index contributed by atoms with van der Waals surface area (Å²) in [7, 11) is 0. The van der Waals surface area contributed by atoms with Crippen LogP contribution in [0.2, 0.25) is 0 Å². The zero-order valence-electron chi connectivity index (χ0n) is 10.2. The number of hydrogen-bond donors (Lipinski definition) is 1. The summed E-state index contributed by atoms with van der Waals surface area (Å²) in [6.07, 6.45) is 0. The number of rotatable bonds is 4. The van der Waals surface area contributed by atoms with Crippen LogP contribution in [0.5, 0.6) is 0 Å². The third-order valence-electron chi connectivity index (χ3n) is 2.67. The summed E-state index contributed by atoms with van der Waals surface area (Å²) in [4.78, 5) is 11.7. The van der Waals surface area contributed by atoms with E-state index in [2.05, 4.69) is 0 Å². The van der Waals surface area contributed by atoms with Crippen LogP contribution >= 0.6 is 0 Å². The Balaban J connectivity index is 4.38. The molecule has 0 aliphatic heterocycles. The van der Waals surface area contributed by atoms with Crippen molar-refractivity contribution in [2.45, 2.75) is 47.1 Å². The van der Waals surface area contributed by atoms with E-state index >= 15 is 0 Å². The zero-order chi connectivity index (χ0) is 11.6. The molecular formula is C11H23NO2. The number of nitrogens with two attached hydrogens (primary N) is 1. The predicted octanol–water partition coefficient (Wildman–Crippen LogP) is 1.95. The Labute approximate surface area is 87.0 Å². The SMILES string of the molecule is CC(C)COC(=O)C(C)(C)C(C)(C)N. The van der Waals surface area contributed by atoms with Gasteiger partial charge in [-0.15, -0.1) is 0 Å². The average molecular weight is 201 g/mol. The first-order valence-corrected chi connectivity index (χ1v) is 5.05. The van der Waals surface area contributed by atoms with Crippen LogP contribution in [0.15, 0.2) is 0 Å². The molecule has 0 radical (unpaired) electrons. The van der Waals surface area contributed by atoms with Gasteiger partial charge in [0.2, 0.25) is 0 Å². The molecule has 0 atom stereocenters. The number of carbonyl (C=O) groups excluding carboxylic acids is 1. The fourth-order valence-electron chi connectivity index (χ4n) is 0.686. The Hall–Kier alpha value is -0.570. The number of esters is 1. The van der Waals surface area contributed by atoms with Gasteiger partial charge in [0.15, 0.2) is 0 Å². The highest BCUT2D eigenvalue weighted by molar-refractivity contribution is 5.77. The number of ether oxygens (including phenoxy) is 1. The summed E-state index contributed by atoms with van der Waals surface area (Å²) < 4.78 is 5.18. The van der Waals surface area contributed by atoms with Crippen LogP contribution in [0.4, 0.5) is 0 Å². The smallest absolute Gasteiger partial charge is 0.313 e. The summed E-state index contributed by atoms with van der Waals surface area (Å²) in [6, 6.07) is 0. The van der Waals surface area contributed by atoms with E-state index < -0.39 is 11.0 Å². The van der Waals surface area contributed by atoms with Gasteiger partial charge in [-0.25, -0.2) is 0 Å². The predicted molar refractivity (Wildman–Crippen MR) is 57.8 cm³/mol. The Morgan fingerprint density at radius 3 is 2.00 bits per heavy atom. The first-order chi connectivity index (χ1) is 6.09. The van der Waals surface area contributed by atoms with Crippen LogP contribution < -0.4 is 5.73 Å². The molecule has 0 rings (SSSR count). The molecule has 0 aromatic heterocycles. The molecule has 0 unspecified atom stereocenters. The van der Waals surface area contributed by atoms with Crippen molar-refractivity contribution in [3.8, 4) is 0 Å². The Morgan fingerprint density at radius 1 is 1.29 bits per heavy atom. The molecule has 84 valence electrons. The molecule has 0 aromatic rings. The first kappa shape index (κ1) is 13.4. The molecular weight excluding hydrogens is 178 g/mol. The molecule has 0 bridgehead atoms. The monoisotopic (exact) mass is 201 g/mol. The summed E-state index contributed by atoms with van der Waals surface area (Å²) in [5, 5.41) is 0. The quantitative estimate of drug-likeness (QED) is 0.707. The van der Waals surface area contributed by atoms with E-state index in [0.717, 1.165) is 0 Å². The second-order valence-corrected chi connectivity index (χ2v) is 5.34. The van der Waals surface area contributed by atoms with Gasteiger partial charge in [0.25, 0.3) is 0 Å². The fraction of sp³-hybridized carbons (Fsp3) is 0.909. The standard InChI is InChI=1S/C11H23NO2/c1-8(2)7-14-9(13)10(3,4)11(5,6)12/h8H,7,12H2,1-6H3. The second kappa shape index (κ2) is 4.30.